The summed E-state index contributed by atoms with van der Waals surface area (Å²) < 4.78 is 54.2. The highest BCUT2D eigenvalue weighted by Crippen LogP contribution is 2.32. The fourth-order valence-electron chi connectivity index (χ4n) is 2.72. The number of fused-ring (bicyclic) bond motifs is 1. The molecule has 1 heterocycles. The van der Waals surface area contributed by atoms with Gasteiger partial charge in [0.15, 0.2) is 4.90 Å². The molecule has 0 radical (unpaired) electrons. The predicted octanol–water partition coefficient (Wildman–Crippen LogP) is 2.67. The van der Waals surface area contributed by atoms with Crippen LogP contribution in [0.25, 0.3) is 0 Å². The molecule has 24 heavy (non-hydrogen) atoms. The van der Waals surface area contributed by atoms with Gasteiger partial charge in [-0.25, -0.2) is 17.2 Å². The van der Waals surface area contributed by atoms with E-state index < -0.39 is 26.6 Å². The van der Waals surface area contributed by atoms with E-state index in [2.05, 4.69) is 4.72 Å². The van der Waals surface area contributed by atoms with E-state index in [1.807, 2.05) is 0 Å². The van der Waals surface area contributed by atoms with Crippen molar-refractivity contribution < 1.29 is 22.0 Å². The second kappa shape index (κ2) is 5.86. The molecule has 0 atom stereocenters. The van der Waals surface area contributed by atoms with Crippen LogP contribution in [0.3, 0.4) is 0 Å². The van der Waals surface area contributed by atoms with Gasteiger partial charge in [-0.3, -0.25) is 9.52 Å². The quantitative estimate of drug-likeness (QED) is 0.924. The number of rotatable bonds is 3. The Morgan fingerprint density at radius 1 is 1.17 bits per heavy atom. The third-order valence-corrected chi connectivity index (χ3v) is 5.23. The SMILES string of the molecule is CC(=O)N1CCc2ccc(NS(=O)(=O)c3c(F)cccc3F)cc21. The highest BCUT2D eigenvalue weighted by Gasteiger charge is 2.26. The Labute approximate surface area is 138 Å². The molecule has 1 aliphatic heterocycles. The van der Waals surface area contributed by atoms with Crippen molar-refractivity contribution in [3.05, 3.63) is 53.6 Å². The molecule has 1 N–H and O–H groups in total. The van der Waals surface area contributed by atoms with Crippen LogP contribution < -0.4 is 9.62 Å². The minimum atomic E-state index is -4.43. The molecule has 1 amide bonds. The zero-order valence-corrected chi connectivity index (χ0v) is 13.5. The van der Waals surface area contributed by atoms with Crippen LogP contribution in [0.15, 0.2) is 41.3 Å². The first kappa shape index (κ1) is 16.4. The van der Waals surface area contributed by atoms with E-state index in [9.17, 15) is 22.0 Å². The lowest BCUT2D eigenvalue weighted by molar-refractivity contribution is -0.116. The lowest BCUT2D eigenvalue weighted by atomic mass is 10.1. The minimum Gasteiger partial charge on any atom is -0.312 e. The summed E-state index contributed by atoms with van der Waals surface area (Å²) in [6.45, 7) is 1.93. The number of hydrogen-bond acceptors (Lipinski definition) is 3. The Morgan fingerprint density at radius 2 is 1.83 bits per heavy atom. The maximum absolute atomic E-state index is 13.7. The lowest BCUT2D eigenvalue weighted by Crippen LogP contribution is -2.25. The van der Waals surface area contributed by atoms with Gasteiger partial charge in [0.05, 0.1) is 5.69 Å². The molecular weight excluding hydrogens is 338 g/mol. The standard InChI is InChI=1S/C16H14F2N2O3S/c1-10(21)20-8-7-11-5-6-12(9-15(11)20)19-24(22,23)16-13(17)3-2-4-14(16)18/h2-6,9,19H,7-8H2,1H3. The van der Waals surface area contributed by atoms with Crippen molar-refractivity contribution >= 4 is 27.3 Å². The van der Waals surface area contributed by atoms with Gasteiger partial charge in [0.1, 0.15) is 11.6 Å². The summed E-state index contributed by atoms with van der Waals surface area (Å²) in [4.78, 5) is 12.1. The third-order valence-electron chi connectivity index (χ3n) is 3.80. The first-order valence-corrected chi connectivity index (χ1v) is 8.66. The van der Waals surface area contributed by atoms with E-state index in [0.717, 1.165) is 23.8 Å². The summed E-state index contributed by atoms with van der Waals surface area (Å²) in [5, 5.41) is 0. The molecule has 1 aliphatic rings. The number of nitrogens with zero attached hydrogens (tertiary/aromatic N) is 1. The number of carbonyl (C=O) groups excluding carboxylic acids is 1. The predicted molar refractivity (Wildman–Crippen MR) is 85.3 cm³/mol. The van der Waals surface area contributed by atoms with Gasteiger partial charge in [0.2, 0.25) is 5.91 Å². The van der Waals surface area contributed by atoms with Gasteiger partial charge in [-0.2, -0.15) is 0 Å². The second-order valence-electron chi connectivity index (χ2n) is 5.42. The van der Waals surface area contributed by atoms with Gasteiger partial charge in [-0.15, -0.1) is 0 Å². The van der Waals surface area contributed by atoms with Gasteiger partial charge >= 0.3 is 0 Å². The van der Waals surface area contributed by atoms with Crippen molar-refractivity contribution in [3.8, 4) is 0 Å². The smallest absolute Gasteiger partial charge is 0.267 e. The van der Waals surface area contributed by atoms with E-state index in [0.29, 0.717) is 18.7 Å². The summed E-state index contributed by atoms with van der Waals surface area (Å²) in [6, 6.07) is 7.51. The number of hydrogen-bond donors (Lipinski definition) is 1. The van der Waals surface area contributed by atoms with Crippen molar-refractivity contribution in [2.75, 3.05) is 16.2 Å². The van der Waals surface area contributed by atoms with Crippen molar-refractivity contribution in [1.29, 1.82) is 0 Å². The molecule has 2 aromatic carbocycles. The third kappa shape index (κ3) is 2.84. The fraction of sp³-hybridized carbons (Fsp3) is 0.188. The maximum atomic E-state index is 13.7. The van der Waals surface area contributed by atoms with Gasteiger partial charge in [-0.1, -0.05) is 12.1 Å². The number of nitrogens with one attached hydrogen (secondary N) is 1. The van der Waals surface area contributed by atoms with Gasteiger partial charge in [0, 0.05) is 19.2 Å². The summed E-state index contributed by atoms with van der Waals surface area (Å²) in [6.07, 6.45) is 0.671. The molecule has 8 heteroatoms. The average Bonchev–Trinajstić information content (AvgIpc) is 2.89. The van der Waals surface area contributed by atoms with E-state index in [1.165, 1.54) is 24.0 Å². The maximum Gasteiger partial charge on any atom is 0.267 e. The Bertz CT molecular complexity index is 909. The van der Waals surface area contributed by atoms with E-state index in [4.69, 9.17) is 0 Å². The largest absolute Gasteiger partial charge is 0.312 e. The molecule has 3 rings (SSSR count). The van der Waals surface area contributed by atoms with E-state index >= 15 is 0 Å². The molecule has 0 aromatic heterocycles. The monoisotopic (exact) mass is 352 g/mol. The summed E-state index contributed by atoms with van der Waals surface area (Å²) in [7, 11) is -4.43. The number of carbonyl (C=O) groups is 1. The van der Waals surface area contributed by atoms with E-state index in [1.54, 1.807) is 6.07 Å². The molecule has 5 nitrogen and oxygen atoms in total. The van der Waals surface area contributed by atoms with Crippen LogP contribution in [0.2, 0.25) is 0 Å². The van der Waals surface area contributed by atoms with Crippen LogP contribution in [-0.4, -0.2) is 20.9 Å². The van der Waals surface area contributed by atoms with Crippen molar-refractivity contribution in [3.63, 3.8) is 0 Å². The normalized spacial score (nSPS) is 13.7. The van der Waals surface area contributed by atoms with Crippen LogP contribution in [0.5, 0.6) is 0 Å². The lowest BCUT2D eigenvalue weighted by Gasteiger charge is -2.16. The van der Waals surface area contributed by atoms with Crippen molar-refractivity contribution in [2.24, 2.45) is 0 Å². The molecular formula is C16H14F2N2O3S. The van der Waals surface area contributed by atoms with Crippen LogP contribution in [0.4, 0.5) is 20.2 Å². The molecule has 0 aliphatic carbocycles. The van der Waals surface area contributed by atoms with Crippen LogP contribution in [0.1, 0.15) is 12.5 Å². The van der Waals surface area contributed by atoms with E-state index in [-0.39, 0.29) is 11.6 Å². The molecule has 0 unspecified atom stereocenters. The van der Waals surface area contributed by atoms with Gasteiger partial charge in [0.25, 0.3) is 10.0 Å². The number of anilines is 2. The molecule has 126 valence electrons. The fourth-order valence-corrected chi connectivity index (χ4v) is 3.90. The summed E-state index contributed by atoms with van der Waals surface area (Å²) in [5.74, 6) is -2.50. The zero-order valence-electron chi connectivity index (χ0n) is 12.7. The number of halogens is 2. The average molecular weight is 352 g/mol. The summed E-state index contributed by atoms with van der Waals surface area (Å²) >= 11 is 0. The van der Waals surface area contributed by atoms with Crippen LogP contribution >= 0.6 is 0 Å². The molecule has 0 saturated heterocycles. The number of benzene rings is 2. The minimum absolute atomic E-state index is 0.129. The highest BCUT2D eigenvalue weighted by molar-refractivity contribution is 7.92. The molecule has 0 saturated carbocycles. The molecule has 0 spiro atoms. The highest BCUT2D eigenvalue weighted by atomic mass is 32.2. The van der Waals surface area contributed by atoms with Gasteiger partial charge < -0.3 is 4.90 Å². The molecule has 2 aromatic rings. The second-order valence-corrected chi connectivity index (χ2v) is 7.04. The van der Waals surface area contributed by atoms with Gasteiger partial charge in [-0.05, 0) is 36.2 Å². The number of sulfonamides is 1. The first-order valence-electron chi connectivity index (χ1n) is 7.17. The molecule has 0 bridgehead atoms. The molecule has 0 fully saturated rings. The Balaban J connectivity index is 1.97. The Hall–Kier alpha value is -2.48. The van der Waals surface area contributed by atoms with Crippen LogP contribution in [-0.2, 0) is 21.2 Å². The van der Waals surface area contributed by atoms with Crippen molar-refractivity contribution in [1.82, 2.24) is 0 Å². The summed E-state index contributed by atoms with van der Waals surface area (Å²) in [5.41, 5.74) is 1.63. The topological polar surface area (TPSA) is 66.5 Å². The van der Waals surface area contributed by atoms with Crippen LogP contribution in [0, 0.1) is 11.6 Å². The first-order chi connectivity index (χ1) is 11.3. The Kier molecular flexibility index (Phi) is 4.00. The van der Waals surface area contributed by atoms with Crippen molar-refractivity contribution in [2.45, 2.75) is 18.2 Å². The zero-order chi connectivity index (χ0) is 17.5. The number of amides is 1. The Morgan fingerprint density at radius 3 is 2.46 bits per heavy atom.